The molecule has 1 N–H and O–H groups in total. The van der Waals surface area contributed by atoms with E-state index in [1.54, 1.807) is 10.9 Å². The first kappa shape index (κ1) is 14.1. The van der Waals surface area contributed by atoms with Crippen molar-refractivity contribution < 1.29 is 8.42 Å². The maximum absolute atomic E-state index is 11.5. The molecule has 0 aliphatic heterocycles. The van der Waals surface area contributed by atoms with Crippen molar-refractivity contribution in [1.82, 2.24) is 20.3 Å². The van der Waals surface area contributed by atoms with Crippen molar-refractivity contribution in [3.05, 3.63) is 11.9 Å². The van der Waals surface area contributed by atoms with E-state index in [1.807, 2.05) is 13.8 Å². The molecule has 1 heterocycles. The lowest BCUT2D eigenvalue weighted by atomic mass is 10.4. The molecule has 0 radical (unpaired) electrons. The Kier molecular flexibility index (Phi) is 5.57. The molecule has 0 fully saturated rings. The summed E-state index contributed by atoms with van der Waals surface area (Å²) in [7, 11) is -2.94. The average molecular weight is 260 g/mol. The summed E-state index contributed by atoms with van der Waals surface area (Å²) in [5, 5.41) is 11.0. The molecule has 1 aromatic heterocycles. The monoisotopic (exact) mass is 260 g/mol. The van der Waals surface area contributed by atoms with Gasteiger partial charge in [0.15, 0.2) is 9.84 Å². The molecule has 0 spiro atoms. The zero-order valence-electron chi connectivity index (χ0n) is 10.4. The van der Waals surface area contributed by atoms with Gasteiger partial charge in [-0.15, -0.1) is 5.10 Å². The first-order valence-corrected chi connectivity index (χ1v) is 7.69. The fourth-order valence-electron chi connectivity index (χ4n) is 1.43. The number of rotatable bonds is 8. The normalized spacial score (nSPS) is 11.9. The van der Waals surface area contributed by atoms with E-state index in [9.17, 15) is 8.42 Å². The molecule has 0 unspecified atom stereocenters. The molecule has 0 bridgehead atoms. The molecule has 0 aliphatic rings. The van der Waals surface area contributed by atoms with Gasteiger partial charge in [0.05, 0.1) is 18.0 Å². The largest absolute Gasteiger partial charge is 0.311 e. The van der Waals surface area contributed by atoms with E-state index < -0.39 is 9.84 Å². The summed E-state index contributed by atoms with van der Waals surface area (Å²) in [6.07, 6.45) is 2.44. The van der Waals surface area contributed by atoms with Gasteiger partial charge < -0.3 is 5.32 Å². The third kappa shape index (κ3) is 5.27. The molecule has 0 atom stereocenters. The Bertz CT molecular complexity index is 427. The van der Waals surface area contributed by atoms with Gasteiger partial charge in [-0.2, -0.15) is 0 Å². The van der Waals surface area contributed by atoms with E-state index in [2.05, 4.69) is 15.6 Å². The van der Waals surface area contributed by atoms with Crippen molar-refractivity contribution in [2.75, 3.05) is 18.1 Å². The van der Waals surface area contributed by atoms with Gasteiger partial charge >= 0.3 is 0 Å². The number of aryl methyl sites for hydroxylation is 1. The van der Waals surface area contributed by atoms with Crippen LogP contribution < -0.4 is 5.32 Å². The maximum Gasteiger partial charge on any atom is 0.152 e. The lowest BCUT2D eigenvalue weighted by Crippen LogP contribution is -2.16. The van der Waals surface area contributed by atoms with E-state index in [4.69, 9.17) is 0 Å². The standard InChI is InChI=1S/C10H20N4O2S/c1-3-6-17(15,16)7-5-14-9-10(12-13-14)8-11-4-2/h9,11H,3-8H2,1-2H3. The zero-order chi connectivity index (χ0) is 12.7. The molecule has 7 heteroatoms. The van der Waals surface area contributed by atoms with E-state index in [-0.39, 0.29) is 11.5 Å². The summed E-state index contributed by atoms with van der Waals surface area (Å²) in [6, 6.07) is 0. The van der Waals surface area contributed by atoms with Gasteiger partial charge in [-0.25, -0.2) is 8.42 Å². The Balaban J connectivity index is 2.44. The fourth-order valence-corrected chi connectivity index (χ4v) is 2.72. The molecule has 0 saturated heterocycles. The number of hydrogen-bond acceptors (Lipinski definition) is 5. The number of nitrogens with zero attached hydrogens (tertiary/aromatic N) is 3. The van der Waals surface area contributed by atoms with Gasteiger partial charge in [0.25, 0.3) is 0 Å². The zero-order valence-corrected chi connectivity index (χ0v) is 11.2. The predicted octanol–water partition coefficient (Wildman–Crippen LogP) is 0.212. The highest BCUT2D eigenvalue weighted by Gasteiger charge is 2.10. The number of nitrogens with one attached hydrogen (secondary N) is 1. The summed E-state index contributed by atoms with van der Waals surface area (Å²) in [5.41, 5.74) is 0.833. The second-order valence-electron chi connectivity index (χ2n) is 3.91. The number of aromatic nitrogens is 3. The molecule has 6 nitrogen and oxygen atoms in total. The Hall–Kier alpha value is -0.950. The van der Waals surface area contributed by atoms with Crippen LogP contribution >= 0.6 is 0 Å². The van der Waals surface area contributed by atoms with Gasteiger partial charge in [0.2, 0.25) is 0 Å². The summed E-state index contributed by atoms with van der Waals surface area (Å²) < 4.78 is 24.6. The first-order valence-electron chi connectivity index (χ1n) is 5.87. The Morgan fingerprint density at radius 3 is 2.76 bits per heavy atom. The second-order valence-corrected chi connectivity index (χ2v) is 6.21. The molecule has 0 saturated carbocycles. The fraction of sp³-hybridized carbons (Fsp3) is 0.800. The molecule has 1 rings (SSSR count). The third-order valence-electron chi connectivity index (χ3n) is 2.29. The SMILES string of the molecule is CCCS(=O)(=O)CCn1cc(CNCC)nn1. The third-order valence-corrected chi connectivity index (χ3v) is 4.12. The van der Waals surface area contributed by atoms with Crippen LogP contribution in [0.25, 0.3) is 0 Å². The molecule has 0 aliphatic carbocycles. The van der Waals surface area contributed by atoms with Crippen LogP contribution in [0.5, 0.6) is 0 Å². The Morgan fingerprint density at radius 2 is 2.12 bits per heavy atom. The summed E-state index contributed by atoms with van der Waals surface area (Å²) in [4.78, 5) is 0. The van der Waals surface area contributed by atoms with Crippen molar-refractivity contribution in [2.45, 2.75) is 33.4 Å². The lowest BCUT2D eigenvalue weighted by Gasteiger charge is -2.01. The Morgan fingerprint density at radius 1 is 1.35 bits per heavy atom. The highest BCUT2D eigenvalue weighted by Crippen LogP contribution is 1.97. The van der Waals surface area contributed by atoms with Crippen LogP contribution in [-0.2, 0) is 22.9 Å². The minimum atomic E-state index is -2.94. The molecule has 1 aromatic rings. The van der Waals surface area contributed by atoms with E-state index in [1.165, 1.54) is 0 Å². The molecule has 17 heavy (non-hydrogen) atoms. The molecular formula is C10H20N4O2S. The number of sulfone groups is 1. The van der Waals surface area contributed by atoms with Crippen molar-refractivity contribution in [1.29, 1.82) is 0 Å². The first-order chi connectivity index (χ1) is 8.07. The van der Waals surface area contributed by atoms with E-state index >= 15 is 0 Å². The quantitative estimate of drug-likeness (QED) is 0.723. The topological polar surface area (TPSA) is 76.9 Å². The number of hydrogen-bond donors (Lipinski definition) is 1. The lowest BCUT2D eigenvalue weighted by molar-refractivity contribution is 0.574. The summed E-state index contributed by atoms with van der Waals surface area (Å²) in [6.45, 7) is 5.79. The van der Waals surface area contributed by atoms with Crippen LogP contribution in [0, 0.1) is 0 Å². The van der Waals surface area contributed by atoms with Crippen LogP contribution in [0.15, 0.2) is 6.20 Å². The minimum absolute atomic E-state index is 0.130. The van der Waals surface area contributed by atoms with E-state index in [0.29, 0.717) is 19.5 Å². The second kappa shape index (κ2) is 6.70. The van der Waals surface area contributed by atoms with Crippen molar-refractivity contribution in [2.24, 2.45) is 0 Å². The molecule has 0 aromatic carbocycles. The van der Waals surface area contributed by atoms with Crippen molar-refractivity contribution >= 4 is 9.84 Å². The van der Waals surface area contributed by atoms with Crippen LogP contribution in [-0.4, -0.2) is 41.5 Å². The van der Waals surface area contributed by atoms with Crippen LogP contribution in [0.2, 0.25) is 0 Å². The smallest absolute Gasteiger partial charge is 0.152 e. The average Bonchev–Trinajstić information content (AvgIpc) is 2.72. The molecule has 98 valence electrons. The highest BCUT2D eigenvalue weighted by molar-refractivity contribution is 7.91. The molecule has 0 amide bonds. The van der Waals surface area contributed by atoms with Gasteiger partial charge in [0.1, 0.15) is 0 Å². The van der Waals surface area contributed by atoms with Gasteiger partial charge in [-0.05, 0) is 13.0 Å². The van der Waals surface area contributed by atoms with Crippen LogP contribution in [0.4, 0.5) is 0 Å². The summed E-state index contributed by atoms with van der Waals surface area (Å²) >= 11 is 0. The predicted molar refractivity (Wildman–Crippen MR) is 66.3 cm³/mol. The Labute approximate surface area is 102 Å². The van der Waals surface area contributed by atoms with E-state index in [0.717, 1.165) is 12.2 Å². The minimum Gasteiger partial charge on any atom is -0.311 e. The van der Waals surface area contributed by atoms with Gasteiger partial charge in [0, 0.05) is 18.5 Å². The van der Waals surface area contributed by atoms with Crippen molar-refractivity contribution in [3.63, 3.8) is 0 Å². The van der Waals surface area contributed by atoms with Crippen LogP contribution in [0.1, 0.15) is 26.0 Å². The van der Waals surface area contributed by atoms with Gasteiger partial charge in [-0.1, -0.05) is 19.1 Å². The molecular weight excluding hydrogens is 240 g/mol. The van der Waals surface area contributed by atoms with Crippen LogP contribution in [0.3, 0.4) is 0 Å². The van der Waals surface area contributed by atoms with Crippen molar-refractivity contribution in [3.8, 4) is 0 Å². The summed E-state index contributed by atoms with van der Waals surface area (Å²) in [5.74, 6) is 0.372. The van der Waals surface area contributed by atoms with Gasteiger partial charge in [-0.3, -0.25) is 4.68 Å². The highest BCUT2D eigenvalue weighted by atomic mass is 32.2. The maximum atomic E-state index is 11.5.